The Morgan fingerprint density at radius 1 is 1.00 bits per heavy atom. The molecule has 0 atom stereocenters. The molecule has 0 saturated carbocycles. The molecule has 1 N–H and O–H groups in total. The summed E-state index contributed by atoms with van der Waals surface area (Å²) in [5.74, 6) is 0. The number of nitrogens with one attached hydrogen (secondary N) is 1. The number of hydrogen-bond donors (Lipinski definition) is 1. The first-order chi connectivity index (χ1) is 8.77. The van der Waals surface area contributed by atoms with E-state index in [0.29, 0.717) is 0 Å². The van der Waals surface area contributed by atoms with Crippen molar-refractivity contribution in [3.05, 3.63) is 77.9 Å². The largest absolute Gasteiger partial charge is 0.385 e. The average Bonchev–Trinajstić information content (AvgIpc) is 2.40. The van der Waals surface area contributed by atoms with E-state index in [0.717, 1.165) is 18.7 Å². The first kappa shape index (κ1) is 12.4. The molecule has 0 radical (unpaired) electrons. The van der Waals surface area contributed by atoms with Crippen LogP contribution in [-0.4, -0.2) is 6.54 Å². The second kappa shape index (κ2) is 6.06. The molecule has 92 valence electrons. The quantitative estimate of drug-likeness (QED) is 0.834. The Morgan fingerprint density at radius 3 is 2.39 bits per heavy atom. The highest BCUT2D eigenvalue weighted by Crippen LogP contribution is 2.14. The molecule has 2 aromatic carbocycles. The predicted octanol–water partition coefficient (Wildman–Crippen LogP) is 3.80. The molecule has 0 heterocycles. The van der Waals surface area contributed by atoms with E-state index in [-0.39, 0.29) is 0 Å². The van der Waals surface area contributed by atoms with Gasteiger partial charge in [-0.05, 0) is 30.0 Å². The zero-order valence-corrected chi connectivity index (χ0v) is 10.8. The zero-order valence-electron chi connectivity index (χ0n) is 10.8. The molecule has 1 heteroatoms. The summed E-state index contributed by atoms with van der Waals surface area (Å²) in [6.07, 6.45) is 1.02. The summed E-state index contributed by atoms with van der Waals surface area (Å²) in [5.41, 5.74) is 4.81. The van der Waals surface area contributed by atoms with Gasteiger partial charge in [0.2, 0.25) is 0 Å². The van der Waals surface area contributed by atoms with Gasteiger partial charge in [-0.15, -0.1) is 0 Å². The molecule has 18 heavy (non-hydrogen) atoms. The van der Waals surface area contributed by atoms with Crippen LogP contribution < -0.4 is 5.32 Å². The lowest BCUT2D eigenvalue weighted by Gasteiger charge is -2.12. The predicted molar refractivity (Wildman–Crippen MR) is 78.4 cm³/mol. The van der Waals surface area contributed by atoms with Gasteiger partial charge in [-0.25, -0.2) is 0 Å². The van der Waals surface area contributed by atoms with Crippen molar-refractivity contribution in [2.75, 3.05) is 6.54 Å². The normalized spacial score (nSPS) is 10.1. The third kappa shape index (κ3) is 3.24. The van der Waals surface area contributed by atoms with E-state index in [4.69, 9.17) is 0 Å². The highest BCUT2D eigenvalue weighted by molar-refractivity contribution is 5.64. The first-order valence-electron chi connectivity index (χ1n) is 6.30. The van der Waals surface area contributed by atoms with E-state index in [1.165, 1.54) is 16.7 Å². The molecule has 0 fully saturated rings. The zero-order chi connectivity index (χ0) is 12.8. The molecule has 0 aromatic heterocycles. The smallest absolute Gasteiger partial charge is 0.0343 e. The number of hydrogen-bond acceptors (Lipinski definition) is 1. The van der Waals surface area contributed by atoms with Crippen molar-refractivity contribution in [1.29, 1.82) is 0 Å². The molecular formula is C17H19N. The summed E-state index contributed by atoms with van der Waals surface area (Å²) in [7, 11) is 0. The Kier molecular flexibility index (Phi) is 4.19. The van der Waals surface area contributed by atoms with E-state index in [1.807, 2.05) is 12.1 Å². The van der Waals surface area contributed by atoms with Gasteiger partial charge < -0.3 is 5.32 Å². The summed E-state index contributed by atoms with van der Waals surface area (Å²) in [6.45, 7) is 7.13. The molecule has 0 unspecified atom stereocenters. The maximum absolute atomic E-state index is 4.11. The molecule has 0 amide bonds. The number of benzene rings is 2. The molecule has 0 aliphatic rings. The Labute approximate surface area is 109 Å². The average molecular weight is 237 g/mol. The van der Waals surface area contributed by atoms with Crippen LogP contribution in [0.25, 0.3) is 5.70 Å². The molecule has 2 rings (SSSR count). The first-order valence-corrected chi connectivity index (χ1v) is 6.30. The van der Waals surface area contributed by atoms with Gasteiger partial charge in [0, 0.05) is 12.2 Å². The Balaban J connectivity index is 1.88. The van der Waals surface area contributed by atoms with Gasteiger partial charge in [-0.2, -0.15) is 0 Å². The summed E-state index contributed by atoms with van der Waals surface area (Å²) in [6, 6.07) is 18.8. The molecule has 0 spiro atoms. The van der Waals surface area contributed by atoms with Crippen LogP contribution in [-0.2, 0) is 6.42 Å². The van der Waals surface area contributed by atoms with Crippen molar-refractivity contribution in [1.82, 2.24) is 5.32 Å². The van der Waals surface area contributed by atoms with Gasteiger partial charge in [-0.1, -0.05) is 61.2 Å². The van der Waals surface area contributed by atoms with Gasteiger partial charge in [0.15, 0.2) is 0 Å². The fourth-order valence-electron chi connectivity index (χ4n) is 2.01. The second-order valence-corrected chi connectivity index (χ2v) is 4.46. The minimum Gasteiger partial charge on any atom is -0.385 e. The van der Waals surface area contributed by atoms with Crippen LogP contribution in [0, 0.1) is 6.92 Å². The van der Waals surface area contributed by atoms with Gasteiger partial charge in [0.25, 0.3) is 0 Å². The van der Waals surface area contributed by atoms with Gasteiger partial charge in [0.05, 0.1) is 0 Å². The van der Waals surface area contributed by atoms with Crippen LogP contribution in [0.2, 0.25) is 0 Å². The van der Waals surface area contributed by atoms with Crippen LogP contribution in [0.5, 0.6) is 0 Å². The Morgan fingerprint density at radius 2 is 1.67 bits per heavy atom. The number of aryl methyl sites for hydroxylation is 1. The summed E-state index contributed by atoms with van der Waals surface area (Å²) in [4.78, 5) is 0. The van der Waals surface area contributed by atoms with Crippen molar-refractivity contribution >= 4 is 5.70 Å². The summed E-state index contributed by atoms with van der Waals surface area (Å²) >= 11 is 0. The van der Waals surface area contributed by atoms with E-state index in [2.05, 4.69) is 61.3 Å². The van der Waals surface area contributed by atoms with Crippen LogP contribution in [0.3, 0.4) is 0 Å². The lowest BCUT2D eigenvalue weighted by Crippen LogP contribution is -2.15. The highest BCUT2D eigenvalue weighted by atomic mass is 14.9. The molecular weight excluding hydrogens is 218 g/mol. The van der Waals surface area contributed by atoms with Crippen molar-refractivity contribution in [2.45, 2.75) is 13.3 Å². The van der Waals surface area contributed by atoms with E-state index < -0.39 is 0 Å². The monoisotopic (exact) mass is 237 g/mol. The van der Waals surface area contributed by atoms with Gasteiger partial charge >= 0.3 is 0 Å². The van der Waals surface area contributed by atoms with E-state index >= 15 is 0 Å². The van der Waals surface area contributed by atoms with Crippen molar-refractivity contribution in [3.63, 3.8) is 0 Å². The summed E-state index contributed by atoms with van der Waals surface area (Å²) in [5, 5.41) is 3.39. The van der Waals surface area contributed by atoms with Crippen molar-refractivity contribution in [2.24, 2.45) is 0 Å². The van der Waals surface area contributed by atoms with Crippen LogP contribution >= 0.6 is 0 Å². The van der Waals surface area contributed by atoms with Crippen LogP contribution in [0.4, 0.5) is 0 Å². The molecule has 1 nitrogen and oxygen atoms in total. The molecule has 0 bridgehead atoms. The fourth-order valence-corrected chi connectivity index (χ4v) is 2.01. The summed E-state index contributed by atoms with van der Waals surface area (Å²) < 4.78 is 0. The Hall–Kier alpha value is -2.02. The lowest BCUT2D eigenvalue weighted by atomic mass is 10.1. The lowest BCUT2D eigenvalue weighted by molar-refractivity contribution is 0.848. The maximum atomic E-state index is 4.11. The van der Waals surface area contributed by atoms with Crippen molar-refractivity contribution < 1.29 is 0 Å². The topological polar surface area (TPSA) is 12.0 Å². The van der Waals surface area contributed by atoms with Crippen molar-refractivity contribution in [3.8, 4) is 0 Å². The molecule has 0 saturated heterocycles. The van der Waals surface area contributed by atoms with Crippen LogP contribution in [0.15, 0.2) is 61.2 Å². The van der Waals surface area contributed by atoms with E-state index in [1.54, 1.807) is 0 Å². The third-order valence-corrected chi connectivity index (χ3v) is 3.07. The second-order valence-electron chi connectivity index (χ2n) is 4.46. The van der Waals surface area contributed by atoms with Gasteiger partial charge in [-0.3, -0.25) is 0 Å². The fraction of sp³-hybridized carbons (Fsp3) is 0.176. The maximum Gasteiger partial charge on any atom is 0.0343 e. The van der Waals surface area contributed by atoms with E-state index in [9.17, 15) is 0 Å². The highest BCUT2D eigenvalue weighted by Gasteiger charge is 2.01. The third-order valence-electron chi connectivity index (χ3n) is 3.07. The molecule has 2 aromatic rings. The Bertz CT molecular complexity index is 514. The molecule has 0 aliphatic heterocycles. The SMILES string of the molecule is C=C(NCCc1ccccc1)c1ccccc1C. The van der Waals surface area contributed by atoms with Crippen LogP contribution in [0.1, 0.15) is 16.7 Å². The minimum absolute atomic E-state index is 0.914. The van der Waals surface area contributed by atoms with Gasteiger partial charge in [0.1, 0.15) is 0 Å². The minimum atomic E-state index is 0.914. The standard InChI is InChI=1S/C17H19N/c1-14-8-6-7-11-17(14)15(2)18-13-12-16-9-4-3-5-10-16/h3-11,18H,2,12-13H2,1H3. The molecule has 0 aliphatic carbocycles. The number of rotatable bonds is 5.